The monoisotopic (exact) mass is 316 g/mol. The molecule has 1 aromatic rings. The van der Waals surface area contributed by atoms with Crippen molar-refractivity contribution in [2.45, 2.75) is 6.54 Å². The number of carbonyl (C=O) groups excluding carboxylic acids is 1. The number of hydrogen-bond acceptors (Lipinski definition) is 5. The first-order valence-electron chi connectivity index (χ1n) is 7.90. The second kappa shape index (κ2) is 9.26. The van der Waals surface area contributed by atoms with E-state index >= 15 is 0 Å². The molecule has 6 heteroatoms. The number of piperazine rings is 1. The molecule has 0 aliphatic carbocycles. The van der Waals surface area contributed by atoms with Crippen molar-refractivity contribution in [3.63, 3.8) is 0 Å². The predicted molar refractivity (Wildman–Crippen MR) is 87.8 cm³/mol. The zero-order valence-electron chi connectivity index (χ0n) is 13.6. The van der Waals surface area contributed by atoms with Gasteiger partial charge in [0.25, 0.3) is 0 Å². The molecule has 1 amide bonds. The Morgan fingerprint density at radius 2 is 1.87 bits per heavy atom. The highest BCUT2D eigenvalue weighted by molar-refractivity contribution is 5.77. The van der Waals surface area contributed by atoms with E-state index in [2.05, 4.69) is 21.2 Å². The number of benzene rings is 1. The van der Waals surface area contributed by atoms with Gasteiger partial charge in [-0.2, -0.15) is 5.26 Å². The lowest BCUT2D eigenvalue weighted by Crippen LogP contribution is -2.49. The first kappa shape index (κ1) is 17.4. The number of nitrogens with zero attached hydrogens (tertiary/aromatic N) is 3. The number of nitriles is 1. The molecular formula is C17H24N4O2. The van der Waals surface area contributed by atoms with Gasteiger partial charge in [0.1, 0.15) is 0 Å². The summed E-state index contributed by atoms with van der Waals surface area (Å²) in [6.07, 6.45) is 0. The molecule has 1 N–H and O–H groups in total. The van der Waals surface area contributed by atoms with Crippen LogP contribution in [0.25, 0.3) is 0 Å². The molecular weight excluding hydrogens is 292 g/mol. The number of methoxy groups -OCH3 is 1. The van der Waals surface area contributed by atoms with Gasteiger partial charge in [-0.15, -0.1) is 0 Å². The van der Waals surface area contributed by atoms with E-state index in [9.17, 15) is 4.79 Å². The fraction of sp³-hybridized carbons (Fsp3) is 0.529. The van der Waals surface area contributed by atoms with Crippen molar-refractivity contribution in [3.8, 4) is 6.07 Å². The van der Waals surface area contributed by atoms with Crippen molar-refractivity contribution in [1.82, 2.24) is 15.1 Å². The summed E-state index contributed by atoms with van der Waals surface area (Å²) in [5.41, 5.74) is 1.91. The van der Waals surface area contributed by atoms with Crippen LogP contribution in [0.15, 0.2) is 24.3 Å². The molecule has 0 bridgehead atoms. The summed E-state index contributed by atoms with van der Waals surface area (Å²) >= 11 is 0. The van der Waals surface area contributed by atoms with Crippen LogP contribution in [0.1, 0.15) is 11.1 Å². The Balaban J connectivity index is 1.69. The minimum Gasteiger partial charge on any atom is -0.383 e. The van der Waals surface area contributed by atoms with Crippen molar-refractivity contribution in [1.29, 1.82) is 5.26 Å². The van der Waals surface area contributed by atoms with Crippen molar-refractivity contribution < 1.29 is 9.53 Å². The Hall–Kier alpha value is -1.94. The molecule has 1 aliphatic rings. The maximum absolute atomic E-state index is 11.8. The van der Waals surface area contributed by atoms with Crippen LogP contribution < -0.4 is 5.32 Å². The zero-order valence-corrected chi connectivity index (χ0v) is 13.6. The quantitative estimate of drug-likeness (QED) is 0.739. The van der Waals surface area contributed by atoms with Gasteiger partial charge in [0.05, 0.1) is 24.8 Å². The summed E-state index contributed by atoms with van der Waals surface area (Å²) < 4.78 is 4.91. The number of rotatable bonds is 7. The topological polar surface area (TPSA) is 68.6 Å². The second-order valence-corrected chi connectivity index (χ2v) is 5.70. The fourth-order valence-electron chi connectivity index (χ4n) is 2.60. The third-order valence-electron chi connectivity index (χ3n) is 3.95. The summed E-state index contributed by atoms with van der Waals surface area (Å²) in [7, 11) is 1.62. The fourth-order valence-corrected chi connectivity index (χ4v) is 2.60. The summed E-state index contributed by atoms with van der Waals surface area (Å²) in [6, 6.07) is 9.86. The standard InChI is InChI=1S/C17H24N4O2/c1-23-11-6-19-17(22)14-21-9-7-20(8-10-21)13-16-4-2-15(12-18)3-5-16/h2-5H,6-11,13-14H2,1H3,(H,19,22). The van der Waals surface area contributed by atoms with Crippen molar-refractivity contribution >= 4 is 5.91 Å². The van der Waals surface area contributed by atoms with E-state index in [1.165, 1.54) is 5.56 Å². The van der Waals surface area contributed by atoms with Gasteiger partial charge in [0.2, 0.25) is 5.91 Å². The molecule has 0 saturated carbocycles. The predicted octanol–water partition coefficient (Wildman–Crippen LogP) is 0.438. The Kier molecular flexibility index (Phi) is 7.01. The average Bonchev–Trinajstić information content (AvgIpc) is 2.57. The highest BCUT2D eigenvalue weighted by Gasteiger charge is 2.18. The zero-order chi connectivity index (χ0) is 16.5. The molecule has 0 aromatic heterocycles. The van der Waals surface area contributed by atoms with Gasteiger partial charge in [-0.1, -0.05) is 12.1 Å². The van der Waals surface area contributed by atoms with Gasteiger partial charge < -0.3 is 10.1 Å². The molecule has 0 unspecified atom stereocenters. The number of nitrogens with one attached hydrogen (secondary N) is 1. The minimum atomic E-state index is 0.0580. The van der Waals surface area contributed by atoms with Gasteiger partial charge in [0, 0.05) is 46.4 Å². The van der Waals surface area contributed by atoms with E-state index in [1.807, 2.05) is 24.3 Å². The van der Waals surface area contributed by atoms with Crippen LogP contribution in [0.3, 0.4) is 0 Å². The van der Waals surface area contributed by atoms with Crippen molar-refractivity contribution in [3.05, 3.63) is 35.4 Å². The number of hydrogen-bond donors (Lipinski definition) is 1. The largest absolute Gasteiger partial charge is 0.383 e. The molecule has 0 spiro atoms. The summed E-state index contributed by atoms with van der Waals surface area (Å²) in [6.45, 7) is 6.14. The molecule has 124 valence electrons. The number of ether oxygens (including phenoxy) is 1. The molecule has 0 radical (unpaired) electrons. The lowest BCUT2D eigenvalue weighted by Gasteiger charge is -2.34. The summed E-state index contributed by atoms with van der Waals surface area (Å²) in [5.74, 6) is 0.0580. The van der Waals surface area contributed by atoms with Crippen molar-refractivity contribution in [2.24, 2.45) is 0 Å². The lowest BCUT2D eigenvalue weighted by molar-refractivity contribution is -0.122. The highest BCUT2D eigenvalue weighted by Crippen LogP contribution is 2.09. The van der Waals surface area contributed by atoms with Gasteiger partial charge in [-0.05, 0) is 17.7 Å². The summed E-state index contributed by atoms with van der Waals surface area (Å²) in [4.78, 5) is 16.3. The lowest BCUT2D eigenvalue weighted by atomic mass is 10.1. The first-order chi connectivity index (χ1) is 11.2. The van der Waals surface area contributed by atoms with E-state index in [1.54, 1.807) is 7.11 Å². The average molecular weight is 316 g/mol. The van der Waals surface area contributed by atoms with E-state index in [0.29, 0.717) is 25.3 Å². The smallest absolute Gasteiger partial charge is 0.234 e. The van der Waals surface area contributed by atoms with Crippen LogP contribution in [-0.2, 0) is 16.1 Å². The van der Waals surface area contributed by atoms with E-state index in [4.69, 9.17) is 10.00 Å². The molecule has 0 atom stereocenters. The van der Waals surface area contributed by atoms with Crippen LogP contribution in [0.2, 0.25) is 0 Å². The number of amides is 1. The van der Waals surface area contributed by atoms with Crippen LogP contribution in [0, 0.1) is 11.3 Å². The Morgan fingerprint density at radius 3 is 2.48 bits per heavy atom. The Labute approximate surface area is 137 Å². The maximum atomic E-state index is 11.8. The SMILES string of the molecule is COCCNC(=O)CN1CCN(Cc2ccc(C#N)cc2)CC1. The Bertz CT molecular complexity index is 531. The van der Waals surface area contributed by atoms with Crippen molar-refractivity contribution in [2.75, 3.05) is 53.0 Å². The first-order valence-corrected chi connectivity index (χ1v) is 7.90. The van der Waals surface area contributed by atoms with E-state index < -0.39 is 0 Å². The van der Waals surface area contributed by atoms with Crippen LogP contribution in [-0.4, -0.2) is 68.7 Å². The third-order valence-corrected chi connectivity index (χ3v) is 3.95. The van der Waals surface area contributed by atoms with Gasteiger partial charge >= 0.3 is 0 Å². The molecule has 6 nitrogen and oxygen atoms in total. The van der Waals surface area contributed by atoms with Gasteiger partial charge in [0.15, 0.2) is 0 Å². The molecule has 1 aromatic carbocycles. The molecule has 1 heterocycles. The highest BCUT2D eigenvalue weighted by atomic mass is 16.5. The van der Waals surface area contributed by atoms with Crippen LogP contribution in [0.5, 0.6) is 0 Å². The minimum absolute atomic E-state index is 0.0580. The molecule has 23 heavy (non-hydrogen) atoms. The Morgan fingerprint density at radius 1 is 1.22 bits per heavy atom. The van der Waals surface area contributed by atoms with E-state index in [-0.39, 0.29) is 5.91 Å². The maximum Gasteiger partial charge on any atom is 0.234 e. The molecule has 1 fully saturated rings. The molecule has 1 aliphatic heterocycles. The summed E-state index contributed by atoms with van der Waals surface area (Å²) in [5, 5.41) is 11.7. The van der Waals surface area contributed by atoms with Gasteiger partial charge in [-0.3, -0.25) is 14.6 Å². The van der Waals surface area contributed by atoms with Crippen LogP contribution >= 0.6 is 0 Å². The van der Waals surface area contributed by atoms with Gasteiger partial charge in [-0.25, -0.2) is 0 Å². The number of carbonyl (C=O) groups is 1. The van der Waals surface area contributed by atoms with Crippen LogP contribution in [0.4, 0.5) is 0 Å². The van der Waals surface area contributed by atoms with E-state index in [0.717, 1.165) is 32.7 Å². The molecule has 1 saturated heterocycles. The normalized spacial score (nSPS) is 16.0. The molecule has 2 rings (SSSR count). The second-order valence-electron chi connectivity index (χ2n) is 5.70. The third kappa shape index (κ3) is 5.99.